The highest BCUT2D eigenvalue weighted by Gasteiger charge is 2.40. The van der Waals surface area contributed by atoms with Crippen LogP contribution in [0.1, 0.15) is 33.4 Å². The molecular formula is C40H26F12N+. The standard InChI is InChI=1S/C40H26F12N/c1-53(2)19-33-31(23-11-25(37(41,42)43)17-26(12-23)38(44,45)46)15-21-7-3-5-9-29(21)35(33)36-30-10-6-4-8-22(30)16-32(34(36)20-53)24-13-27(39(47,48)49)18-28(14-24)40(50,51)52/h3-18H,19-20H2,1-2H3/q+1. The maximum atomic E-state index is 14.1. The van der Waals surface area contributed by atoms with Crippen LogP contribution in [0.5, 0.6) is 0 Å². The van der Waals surface area contributed by atoms with Gasteiger partial charge in [0.1, 0.15) is 13.1 Å². The third kappa shape index (κ3) is 6.71. The summed E-state index contributed by atoms with van der Waals surface area (Å²) >= 11 is 0. The molecule has 53 heavy (non-hydrogen) atoms. The first-order chi connectivity index (χ1) is 24.5. The largest absolute Gasteiger partial charge is 0.416 e. The van der Waals surface area contributed by atoms with E-state index >= 15 is 0 Å². The Morgan fingerprint density at radius 2 is 0.717 bits per heavy atom. The Morgan fingerprint density at radius 1 is 0.415 bits per heavy atom. The van der Waals surface area contributed by atoms with Crippen molar-refractivity contribution < 1.29 is 57.2 Å². The molecule has 13 heteroatoms. The van der Waals surface area contributed by atoms with Crippen LogP contribution in [0.15, 0.2) is 97.1 Å². The van der Waals surface area contributed by atoms with E-state index in [0.717, 1.165) is 0 Å². The molecule has 1 heterocycles. The molecule has 0 aliphatic carbocycles. The van der Waals surface area contributed by atoms with E-state index < -0.39 is 47.0 Å². The molecule has 7 rings (SSSR count). The fourth-order valence-corrected chi connectivity index (χ4v) is 7.33. The molecule has 0 spiro atoms. The first-order valence-corrected chi connectivity index (χ1v) is 16.0. The van der Waals surface area contributed by atoms with Crippen LogP contribution in [0.2, 0.25) is 0 Å². The summed E-state index contributed by atoms with van der Waals surface area (Å²) in [5.41, 5.74) is -5.07. The van der Waals surface area contributed by atoms with Crippen molar-refractivity contribution in [2.45, 2.75) is 37.8 Å². The number of rotatable bonds is 2. The summed E-state index contributed by atoms with van der Waals surface area (Å²) in [7, 11) is 3.44. The van der Waals surface area contributed by atoms with E-state index in [4.69, 9.17) is 0 Å². The highest BCUT2D eigenvalue weighted by atomic mass is 19.4. The lowest BCUT2D eigenvalue weighted by Crippen LogP contribution is -2.37. The van der Waals surface area contributed by atoms with Crippen LogP contribution in [0.3, 0.4) is 0 Å². The van der Waals surface area contributed by atoms with Gasteiger partial charge in [-0.3, -0.25) is 0 Å². The molecule has 6 aromatic rings. The monoisotopic (exact) mass is 748 g/mol. The van der Waals surface area contributed by atoms with E-state index in [-0.39, 0.29) is 52.0 Å². The van der Waals surface area contributed by atoms with E-state index in [1.54, 1.807) is 62.6 Å². The van der Waals surface area contributed by atoms with Gasteiger partial charge in [0.2, 0.25) is 0 Å². The molecule has 0 N–H and O–H groups in total. The topological polar surface area (TPSA) is 0 Å². The minimum absolute atomic E-state index is 0.0198. The third-order valence-corrected chi connectivity index (χ3v) is 9.53. The summed E-state index contributed by atoms with van der Waals surface area (Å²) in [5.74, 6) is 0. The van der Waals surface area contributed by atoms with Crippen LogP contribution in [-0.2, 0) is 37.8 Å². The van der Waals surface area contributed by atoms with Gasteiger partial charge < -0.3 is 4.48 Å². The number of hydrogen-bond donors (Lipinski definition) is 0. The smallest absolute Gasteiger partial charge is 0.321 e. The second-order valence-electron chi connectivity index (χ2n) is 13.8. The fraction of sp³-hybridized carbons (Fsp3) is 0.200. The predicted octanol–water partition coefficient (Wildman–Crippen LogP) is 13.2. The summed E-state index contributed by atoms with van der Waals surface area (Å²) in [6.07, 6.45) is -20.5. The third-order valence-electron chi connectivity index (χ3n) is 9.53. The molecular weight excluding hydrogens is 722 g/mol. The van der Waals surface area contributed by atoms with Crippen LogP contribution in [0.25, 0.3) is 54.9 Å². The maximum absolute atomic E-state index is 14.1. The molecule has 0 radical (unpaired) electrons. The van der Waals surface area contributed by atoms with Crippen LogP contribution in [0, 0.1) is 0 Å². The zero-order valence-corrected chi connectivity index (χ0v) is 27.6. The van der Waals surface area contributed by atoms with E-state index in [1.165, 1.54) is 12.1 Å². The number of alkyl halides is 12. The molecule has 0 saturated carbocycles. The summed E-state index contributed by atoms with van der Waals surface area (Å²) in [6, 6.07) is 19.1. The Hall–Kier alpha value is -5.04. The molecule has 0 atom stereocenters. The Kier molecular flexibility index (Phi) is 8.22. The summed E-state index contributed by atoms with van der Waals surface area (Å²) < 4.78 is 169. The van der Waals surface area contributed by atoms with Crippen LogP contribution in [-0.4, -0.2) is 18.6 Å². The molecule has 0 amide bonds. The number of hydrogen-bond acceptors (Lipinski definition) is 0. The van der Waals surface area contributed by atoms with Gasteiger partial charge in [0, 0.05) is 22.3 Å². The molecule has 6 aromatic carbocycles. The second-order valence-corrected chi connectivity index (χ2v) is 13.8. The average molecular weight is 749 g/mol. The van der Waals surface area contributed by atoms with Crippen molar-refractivity contribution in [1.29, 1.82) is 0 Å². The molecule has 274 valence electrons. The number of quaternary nitrogens is 1. The van der Waals surface area contributed by atoms with E-state index in [9.17, 15) is 52.7 Å². The van der Waals surface area contributed by atoms with Crippen molar-refractivity contribution in [3.8, 4) is 33.4 Å². The molecule has 0 aromatic heterocycles. The zero-order chi connectivity index (χ0) is 38.5. The van der Waals surface area contributed by atoms with Gasteiger partial charge >= 0.3 is 24.7 Å². The van der Waals surface area contributed by atoms with E-state index in [1.807, 2.05) is 0 Å². The minimum atomic E-state index is -5.13. The lowest BCUT2D eigenvalue weighted by Gasteiger charge is -2.30. The first-order valence-electron chi connectivity index (χ1n) is 16.0. The second kappa shape index (κ2) is 12.0. The normalized spacial score (nSPS) is 15.0. The highest BCUT2D eigenvalue weighted by Crippen LogP contribution is 2.51. The number of halogens is 12. The van der Waals surface area contributed by atoms with Crippen molar-refractivity contribution in [2.75, 3.05) is 14.1 Å². The Labute approximate surface area is 294 Å². The molecule has 0 bridgehead atoms. The van der Waals surface area contributed by atoms with Gasteiger partial charge in [-0.05, 0) is 92.3 Å². The van der Waals surface area contributed by atoms with Crippen molar-refractivity contribution in [3.05, 3.63) is 130 Å². The SMILES string of the molecule is C[N+]1(C)Cc2c(-c3cc(C(F)(F)F)cc(C(F)(F)F)c3)cc3ccccc3c2-c2c(c(-c3cc(C(F)(F)F)cc(C(F)(F)F)c3)cc3ccccc23)C1. The summed E-state index contributed by atoms with van der Waals surface area (Å²) in [5, 5.41) is 1.97. The van der Waals surface area contributed by atoms with Gasteiger partial charge in [0.25, 0.3) is 0 Å². The van der Waals surface area contributed by atoms with E-state index in [0.29, 0.717) is 68.1 Å². The quantitative estimate of drug-likeness (QED) is 0.122. The predicted molar refractivity (Wildman–Crippen MR) is 177 cm³/mol. The van der Waals surface area contributed by atoms with E-state index in [2.05, 4.69) is 0 Å². The van der Waals surface area contributed by atoms with Gasteiger partial charge in [0.05, 0.1) is 36.3 Å². The van der Waals surface area contributed by atoms with Crippen LogP contribution >= 0.6 is 0 Å². The highest BCUT2D eigenvalue weighted by molar-refractivity contribution is 6.12. The zero-order valence-electron chi connectivity index (χ0n) is 27.6. The van der Waals surface area contributed by atoms with Crippen LogP contribution in [0.4, 0.5) is 52.7 Å². The van der Waals surface area contributed by atoms with Gasteiger partial charge in [-0.1, -0.05) is 48.5 Å². The maximum Gasteiger partial charge on any atom is 0.416 e. The average Bonchev–Trinajstić information content (AvgIpc) is 3.18. The Bertz CT molecular complexity index is 2200. The van der Waals surface area contributed by atoms with Crippen molar-refractivity contribution in [2.24, 2.45) is 0 Å². The summed E-state index contributed by atoms with van der Waals surface area (Å²) in [6.45, 7) is 0.0396. The number of benzene rings is 6. The van der Waals surface area contributed by atoms with Gasteiger partial charge in [-0.2, -0.15) is 52.7 Å². The summed E-state index contributed by atoms with van der Waals surface area (Å²) in [4.78, 5) is 0. The first kappa shape index (κ1) is 36.3. The number of fused-ring (bicyclic) bond motifs is 7. The van der Waals surface area contributed by atoms with Gasteiger partial charge in [-0.15, -0.1) is 0 Å². The molecule has 1 aliphatic rings. The van der Waals surface area contributed by atoms with Gasteiger partial charge in [0.15, 0.2) is 0 Å². The van der Waals surface area contributed by atoms with Crippen molar-refractivity contribution in [3.63, 3.8) is 0 Å². The Morgan fingerprint density at radius 3 is 1.02 bits per heavy atom. The molecule has 0 fully saturated rings. The van der Waals surface area contributed by atoms with Gasteiger partial charge in [-0.25, -0.2) is 0 Å². The molecule has 1 nitrogen and oxygen atoms in total. The molecule has 1 aliphatic heterocycles. The van der Waals surface area contributed by atoms with Crippen LogP contribution < -0.4 is 0 Å². The van der Waals surface area contributed by atoms with Crippen molar-refractivity contribution >= 4 is 21.5 Å². The lowest BCUT2D eigenvalue weighted by atomic mass is 9.81. The lowest BCUT2D eigenvalue weighted by molar-refractivity contribution is -0.916. The fourth-order valence-electron chi connectivity index (χ4n) is 7.33. The van der Waals surface area contributed by atoms with Crippen molar-refractivity contribution in [1.82, 2.24) is 0 Å². The Balaban J connectivity index is 1.67. The molecule has 0 unspecified atom stereocenters. The minimum Gasteiger partial charge on any atom is -0.321 e. The number of nitrogens with zero attached hydrogens (tertiary/aromatic N) is 1. The molecule has 0 saturated heterocycles.